The van der Waals surface area contributed by atoms with Crippen LogP contribution in [0.1, 0.15) is 60.3 Å². The van der Waals surface area contributed by atoms with Gasteiger partial charge in [-0.05, 0) is 65.0 Å². The predicted octanol–water partition coefficient (Wildman–Crippen LogP) is 3.87. The summed E-state index contributed by atoms with van der Waals surface area (Å²) in [5, 5.41) is 4.46. The van der Waals surface area contributed by atoms with E-state index in [-0.39, 0.29) is 17.0 Å². The number of rotatable bonds is 6. The highest BCUT2D eigenvalue weighted by molar-refractivity contribution is 7.89. The van der Waals surface area contributed by atoms with Crippen molar-refractivity contribution in [2.45, 2.75) is 77.3 Å². The molecule has 1 heterocycles. The maximum absolute atomic E-state index is 12.8. The van der Waals surface area contributed by atoms with Crippen molar-refractivity contribution >= 4 is 21.6 Å². The van der Waals surface area contributed by atoms with Gasteiger partial charge in [0.25, 0.3) is 0 Å². The lowest BCUT2D eigenvalue weighted by Gasteiger charge is -2.29. The number of pyridine rings is 1. The predicted molar refractivity (Wildman–Crippen MR) is 102 cm³/mol. The molecule has 0 unspecified atom stereocenters. The van der Waals surface area contributed by atoms with Gasteiger partial charge in [-0.3, -0.25) is 5.43 Å². The first kappa shape index (κ1) is 19.8. The summed E-state index contributed by atoms with van der Waals surface area (Å²) in [5.41, 5.74) is 4.13. The minimum absolute atomic E-state index is 0.109. The molecule has 0 amide bonds. The van der Waals surface area contributed by atoms with E-state index in [0.717, 1.165) is 12.1 Å². The molecule has 0 aliphatic heterocycles. The summed E-state index contributed by atoms with van der Waals surface area (Å²) in [4.78, 5) is 4.44. The van der Waals surface area contributed by atoms with E-state index in [1.54, 1.807) is 12.1 Å². The van der Waals surface area contributed by atoms with Crippen LogP contribution in [0, 0.1) is 5.92 Å². The standard InChI is InChI=1S/C18H30N4O2S/c1-13(2)22(14(3)4)25(23,24)16-10-11-18(19-12-16)21-20-17-9-7-6-8-15(17)5/h10-15H,6-9H2,1-5H3,(H,19,21)/t15-/m1/s1. The van der Waals surface area contributed by atoms with Crippen LogP contribution in [0.25, 0.3) is 0 Å². The smallest absolute Gasteiger partial charge is 0.245 e. The Morgan fingerprint density at radius 3 is 2.40 bits per heavy atom. The zero-order valence-electron chi connectivity index (χ0n) is 15.9. The van der Waals surface area contributed by atoms with Crippen molar-refractivity contribution in [3.8, 4) is 0 Å². The molecule has 1 fully saturated rings. The highest BCUT2D eigenvalue weighted by Gasteiger charge is 2.29. The molecule has 2 rings (SSSR count). The quantitative estimate of drug-likeness (QED) is 0.776. The Morgan fingerprint density at radius 1 is 1.20 bits per heavy atom. The van der Waals surface area contributed by atoms with Gasteiger partial charge in [0.2, 0.25) is 10.0 Å². The van der Waals surface area contributed by atoms with E-state index < -0.39 is 10.0 Å². The summed E-state index contributed by atoms with van der Waals surface area (Å²) in [6.07, 6.45) is 6.02. The normalized spacial score (nSPS) is 20.6. The van der Waals surface area contributed by atoms with Crippen molar-refractivity contribution in [2.24, 2.45) is 11.0 Å². The van der Waals surface area contributed by atoms with Crippen molar-refractivity contribution in [3.05, 3.63) is 18.3 Å². The lowest BCUT2D eigenvalue weighted by molar-refractivity contribution is 0.302. The van der Waals surface area contributed by atoms with Crippen LogP contribution in [0.15, 0.2) is 28.3 Å². The Morgan fingerprint density at radius 2 is 1.88 bits per heavy atom. The topological polar surface area (TPSA) is 74.7 Å². The third-order valence-corrected chi connectivity index (χ3v) is 6.77. The maximum Gasteiger partial charge on any atom is 0.245 e. The second-order valence-electron chi connectivity index (χ2n) is 7.26. The monoisotopic (exact) mass is 366 g/mol. The molecule has 25 heavy (non-hydrogen) atoms. The molecule has 1 aromatic rings. The minimum atomic E-state index is -3.55. The van der Waals surface area contributed by atoms with Crippen LogP contribution >= 0.6 is 0 Å². The first-order chi connectivity index (χ1) is 11.7. The highest BCUT2D eigenvalue weighted by Crippen LogP contribution is 2.23. The minimum Gasteiger partial charge on any atom is -0.261 e. The van der Waals surface area contributed by atoms with Gasteiger partial charge in [-0.25, -0.2) is 13.4 Å². The summed E-state index contributed by atoms with van der Waals surface area (Å²) in [7, 11) is -3.55. The van der Waals surface area contributed by atoms with E-state index in [0.29, 0.717) is 11.7 Å². The lowest BCUT2D eigenvalue weighted by atomic mass is 9.89. The van der Waals surface area contributed by atoms with Gasteiger partial charge >= 0.3 is 0 Å². The van der Waals surface area contributed by atoms with Crippen LogP contribution in [0.2, 0.25) is 0 Å². The lowest BCUT2D eigenvalue weighted by Crippen LogP contribution is -2.41. The van der Waals surface area contributed by atoms with Crippen molar-refractivity contribution in [2.75, 3.05) is 5.43 Å². The Hall–Kier alpha value is -1.47. The number of nitrogens with zero attached hydrogens (tertiary/aromatic N) is 3. The zero-order chi connectivity index (χ0) is 18.6. The third kappa shape index (κ3) is 4.79. The van der Waals surface area contributed by atoms with Gasteiger partial charge in [-0.2, -0.15) is 9.41 Å². The maximum atomic E-state index is 12.8. The van der Waals surface area contributed by atoms with Crippen LogP contribution in [0.4, 0.5) is 5.82 Å². The Balaban J connectivity index is 2.15. The average Bonchev–Trinajstić information content (AvgIpc) is 2.53. The van der Waals surface area contributed by atoms with Gasteiger partial charge < -0.3 is 0 Å². The molecule has 1 saturated carbocycles. The van der Waals surface area contributed by atoms with Crippen LogP contribution in [0.3, 0.4) is 0 Å². The molecule has 1 atom stereocenters. The number of hydrogen-bond donors (Lipinski definition) is 1. The first-order valence-corrected chi connectivity index (χ1v) is 10.5. The average molecular weight is 367 g/mol. The molecule has 0 spiro atoms. The largest absolute Gasteiger partial charge is 0.261 e. The van der Waals surface area contributed by atoms with Gasteiger partial charge in [0.1, 0.15) is 10.7 Å². The molecular weight excluding hydrogens is 336 g/mol. The molecule has 1 aromatic heterocycles. The fourth-order valence-corrected chi connectivity index (χ4v) is 5.12. The fourth-order valence-electron chi connectivity index (χ4n) is 3.34. The van der Waals surface area contributed by atoms with E-state index >= 15 is 0 Å². The molecule has 7 heteroatoms. The first-order valence-electron chi connectivity index (χ1n) is 9.05. The van der Waals surface area contributed by atoms with Gasteiger partial charge in [0, 0.05) is 24.0 Å². The SMILES string of the molecule is CC(C)N(C(C)C)S(=O)(=O)c1ccc(NN=C2CCCC[C@H]2C)nc1. The Labute approximate surface area is 151 Å². The number of sulfonamides is 1. The molecule has 1 aliphatic rings. The molecule has 140 valence electrons. The number of hydrogen-bond acceptors (Lipinski definition) is 5. The highest BCUT2D eigenvalue weighted by atomic mass is 32.2. The molecule has 1 N–H and O–H groups in total. The van der Waals surface area contributed by atoms with Crippen molar-refractivity contribution < 1.29 is 8.42 Å². The van der Waals surface area contributed by atoms with Crippen molar-refractivity contribution in [1.82, 2.24) is 9.29 Å². The Kier molecular flexibility index (Phi) is 6.57. The second-order valence-corrected chi connectivity index (χ2v) is 9.11. The molecule has 6 nitrogen and oxygen atoms in total. The van der Waals surface area contributed by atoms with E-state index in [1.165, 1.54) is 29.8 Å². The molecule has 1 aliphatic carbocycles. The van der Waals surface area contributed by atoms with Crippen LogP contribution in [0.5, 0.6) is 0 Å². The van der Waals surface area contributed by atoms with Gasteiger partial charge in [0.15, 0.2) is 0 Å². The summed E-state index contributed by atoms with van der Waals surface area (Å²) < 4.78 is 27.1. The van der Waals surface area contributed by atoms with E-state index in [2.05, 4.69) is 22.4 Å². The van der Waals surface area contributed by atoms with E-state index in [4.69, 9.17) is 0 Å². The van der Waals surface area contributed by atoms with Crippen molar-refractivity contribution in [1.29, 1.82) is 0 Å². The molecular formula is C18H30N4O2S. The molecule has 0 aromatic carbocycles. The Bertz CT molecular complexity index is 688. The number of nitrogens with one attached hydrogen (secondary N) is 1. The molecule has 0 saturated heterocycles. The summed E-state index contributed by atoms with van der Waals surface area (Å²) in [6, 6.07) is 3.04. The number of hydrazone groups is 1. The fraction of sp³-hybridized carbons (Fsp3) is 0.667. The van der Waals surface area contributed by atoms with E-state index in [9.17, 15) is 8.42 Å². The van der Waals surface area contributed by atoms with Crippen molar-refractivity contribution in [3.63, 3.8) is 0 Å². The third-order valence-electron chi connectivity index (χ3n) is 4.53. The van der Waals surface area contributed by atoms with Gasteiger partial charge in [-0.15, -0.1) is 0 Å². The van der Waals surface area contributed by atoms with E-state index in [1.807, 2.05) is 27.7 Å². The number of aromatic nitrogens is 1. The number of anilines is 1. The van der Waals surface area contributed by atoms with Gasteiger partial charge in [-0.1, -0.05) is 13.3 Å². The second kappa shape index (κ2) is 8.27. The zero-order valence-corrected chi connectivity index (χ0v) is 16.7. The summed E-state index contributed by atoms with van der Waals surface area (Å²) in [5.74, 6) is 1.05. The summed E-state index contributed by atoms with van der Waals surface area (Å²) in [6.45, 7) is 9.70. The van der Waals surface area contributed by atoms with Crippen LogP contribution < -0.4 is 5.43 Å². The van der Waals surface area contributed by atoms with Crippen LogP contribution in [-0.2, 0) is 10.0 Å². The van der Waals surface area contributed by atoms with Gasteiger partial charge in [0.05, 0.1) is 0 Å². The summed E-state index contributed by atoms with van der Waals surface area (Å²) >= 11 is 0. The molecule has 0 radical (unpaired) electrons. The molecule has 0 bridgehead atoms. The van der Waals surface area contributed by atoms with Crippen LogP contribution in [-0.4, -0.2) is 35.5 Å².